The first-order valence-electron chi connectivity index (χ1n) is 5.25. The highest BCUT2D eigenvalue weighted by molar-refractivity contribution is 5.68. The maximum absolute atomic E-state index is 5.83. The van der Waals surface area contributed by atoms with Gasteiger partial charge in [0, 0.05) is 17.3 Å². The minimum Gasteiger partial charge on any atom is -0.491 e. The molecule has 84 valence electrons. The number of benzene rings is 1. The van der Waals surface area contributed by atoms with Gasteiger partial charge in [-0.25, -0.2) is 0 Å². The van der Waals surface area contributed by atoms with Crippen molar-refractivity contribution >= 4 is 5.69 Å². The minimum absolute atomic E-state index is 0.138. The van der Waals surface area contributed by atoms with Crippen LogP contribution in [-0.2, 0) is 0 Å². The zero-order valence-corrected chi connectivity index (χ0v) is 9.44. The monoisotopic (exact) mass is 217 g/mol. The summed E-state index contributed by atoms with van der Waals surface area (Å²) in [6, 6.07) is 7.58. The predicted molar refractivity (Wildman–Crippen MR) is 64.3 cm³/mol. The summed E-state index contributed by atoms with van der Waals surface area (Å²) >= 11 is 0. The number of anilines is 1. The average Bonchev–Trinajstić information content (AvgIpc) is 2.67. The van der Waals surface area contributed by atoms with E-state index in [9.17, 15) is 0 Å². The van der Waals surface area contributed by atoms with E-state index < -0.39 is 0 Å². The second kappa shape index (κ2) is 4.31. The Hall–Kier alpha value is -1.90. The van der Waals surface area contributed by atoms with Crippen LogP contribution in [0.4, 0.5) is 5.69 Å². The molecule has 0 amide bonds. The predicted octanol–water partition coefficient (Wildman–Crippen LogP) is 3.32. The molecule has 16 heavy (non-hydrogen) atoms. The lowest BCUT2D eigenvalue weighted by Gasteiger charge is -2.11. The first-order valence-corrected chi connectivity index (χ1v) is 5.25. The fraction of sp³-hybridized carbons (Fsp3) is 0.231. The van der Waals surface area contributed by atoms with Gasteiger partial charge in [-0.2, -0.15) is 0 Å². The first kappa shape index (κ1) is 10.6. The van der Waals surface area contributed by atoms with E-state index in [0.29, 0.717) is 5.69 Å². The van der Waals surface area contributed by atoms with E-state index in [1.807, 2.05) is 38.1 Å². The maximum Gasteiger partial charge on any atom is 0.122 e. The van der Waals surface area contributed by atoms with Crippen LogP contribution < -0.4 is 10.5 Å². The molecule has 0 saturated carbocycles. The van der Waals surface area contributed by atoms with Crippen molar-refractivity contribution in [2.75, 3.05) is 5.73 Å². The van der Waals surface area contributed by atoms with E-state index in [-0.39, 0.29) is 6.10 Å². The largest absolute Gasteiger partial charge is 0.491 e. The third-order valence-corrected chi connectivity index (χ3v) is 2.16. The number of nitrogen functional groups attached to an aromatic ring is 1. The van der Waals surface area contributed by atoms with E-state index >= 15 is 0 Å². The van der Waals surface area contributed by atoms with E-state index in [2.05, 4.69) is 0 Å². The average molecular weight is 217 g/mol. The quantitative estimate of drug-likeness (QED) is 0.802. The Kier molecular flexibility index (Phi) is 2.86. The summed E-state index contributed by atoms with van der Waals surface area (Å²) in [5, 5.41) is 0. The van der Waals surface area contributed by atoms with Crippen LogP contribution in [0, 0.1) is 0 Å². The number of hydrogen-bond acceptors (Lipinski definition) is 3. The lowest BCUT2D eigenvalue weighted by Crippen LogP contribution is -2.05. The van der Waals surface area contributed by atoms with Gasteiger partial charge in [0.15, 0.2) is 0 Å². The van der Waals surface area contributed by atoms with Gasteiger partial charge in [-0.1, -0.05) is 0 Å². The molecule has 1 heterocycles. The summed E-state index contributed by atoms with van der Waals surface area (Å²) in [6.45, 7) is 3.97. The van der Waals surface area contributed by atoms with Crippen LogP contribution in [0.5, 0.6) is 5.75 Å². The zero-order chi connectivity index (χ0) is 11.5. The van der Waals surface area contributed by atoms with Gasteiger partial charge in [0.25, 0.3) is 0 Å². The van der Waals surface area contributed by atoms with Gasteiger partial charge in [-0.3, -0.25) is 0 Å². The van der Waals surface area contributed by atoms with Crippen molar-refractivity contribution in [3.63, 3.8) is 0 Å². The van der Waals surface area contributed by atoms with Crippen LogP contribution in [0.1, 0.15) is 13.8 Å². The van der Waals surface area contributed by atoms with E-state index in [1.54, 1.807) is 12.5 Å². The van der Waals surface area contributed by atoms with Crippen LogP contribution in [0.15, 0.2) is 41.2 Å². The number of furan rings is 1. The molecule has 1 aromatic heterocycles. The van der Waals surface area contributed by atoms with E-state index in [1.165, 1.54) is 0 Å². The summed E-state index contributed by atoms with van der Waals surface area (Å²) in [5.41, 5.74) is 8.52. The molecular weight excluding hydrogens is 202 g/mol. The second-order valence-corrected chi connectivity index (χ2v) is 3.97. The molecule has 0 fully saturated rings. The van der Waals surface area contributed by atoms with Crippen molar-refractivity contribution in [3.05, 3.63) is 36.8 Å². The highest BCUT2D eigenvalue weighted by Crippen LogP contribution is 2.28. The van der Waals surface area contributed by atoms with Crippen LogP contribution in [0.3, 0.4) is 0 Å². The number of ether oxygens (including phenoxy) is 1. The van der Waals surface area contributed by atoms with Crippen molar-refractivity contribution in [1.82, 2.24) is 0 Å². The molecule has 2 rings (SSSR count). The molecule has 0 radical (unpaired) electrons. The molecule has 0 aliphatic carbocycles. The van der Waals surface area contributed by atoms with Crippen molar-refractivity contribution in [2.45, 2.75) is 20.0 Å². The van der Waals surface area contributed by atoms with Crippen molar-refractivity contribution in [3.8, 4) is 16.9 Å². The molecule has 1 aromatic carbocycles. The van der Waals surface area contributed by atoms with Gasteiger partial charge in [0.05, 0.1) is 18.6 Å². The Morgan fingerprint density at radius 3 is 2.62 bits per heavy atom. The number of nitrogens with two attached hydrogens (primary N) is 1. The normalized spacial score (nSPS) is 10.7. The van der Waals surface area contributed by atoms with Gasteiger partial charge >= 0.3 is 0 Å². The van der Waals surface area contributed by atoms with Crippen molar-refractivity contribution in [1.29, 1.82) is 0 Å². The summed E-state index contributed by atoms with van der Waals surface area (Å²) in [5.74, 6) is 0.784. The molecule has 0 saturated heterocycles. The molecule has 0 atom stereocenters. The molecule has 3 nitrogen and oxygen atoms in total. The third-order valence-electron chi connectivity index (χ3n) is 2.16. The summed E-state index contributed by atoms with van der Waals surface area (Å²) < 4.78 is 10.7. The van der Waals surface area contributed by atoms with Gasteiger partial charge < -0.3 is 14.9 Å². The highest BCUT2D eigenvalue weighted by Gasteiger charge is 2.05. The molecule has 0 spiro atoms. The van der Waals surface area contributed by atoms with Crippen molar-refractivity contribution < 1.29 is 9.15 Å². The molecule has 0 aliphatic heterocycles. The van der Waals surface area contributed by atoms with E-state index in [4.69, 9.17) is 14.9 Å². The fourth-order valence-electron chi connectivity index (χ4n) is 1.56. The summed E-state index contributed by atoms with van der Waals surface area (Å²) in [7, 11) is 0. The molecule has 3 heteroatoms. The Labute approximate surface area is 94.8 Å². The van der Waals surface area contributed by atoms with Crippen molar-refractivity contribution in [2.24, 2.45) is 0 Å². The molecule has 0 bridgehead atoms. The highest BCUT2D eigenvalue weighted by atomic mass is 16.5. The molecule has 2 aromatic rings. The molecule has 0 aliphatic rings. The van der Waals surface area contributed by atoms with Crippen LogP contribution in [0.2, 0.25) is 0 Å². The standard InChI is InChI=1S/C13H15NO2/c1-9(2)16-13-6-11(5-12(14)7-13)10-3-4-15-8-10/h3-9H,14H2,1-2H3. The minimum atomic E-state index is 0.138. The van der Waals surface area contributed by atoms with Gasteiger partial charge in [0.2, 0.25) is 0 Å². The fourth-order valence-corrected chi connectivity index (χ4v) is 1.56. The van der Waals surface area contributed by atoms with Crippen LogP contribution in [-0.4, -0.2) is 6.10 Å². The number of hydrogen-bond donors (Lipinski definition) is 1. The second-order valence-electron chi connectivity index (χ2n) is 3.97. The number of rotatable bonds is 3. The molecule has 0 unspecified atom stereocenters. The summed E-state index contributed by atoms with van der Waals surface area (Å²) in [6.07, 6.45) is 3.47. The first-order chi connectivity index (χ1) is 7.65. The van der Waals surface area contributed by atoms with Gasteiger partial charge in [0.1, 0.15) is 5.75 Å². The molecular formula is C13H15NO2. The van der Waals surface area contributed by atoms with Crippen LogP contribution >= 0.6 is 0 Å². The van der Waals surface area contributed by atoms with Crippen LogP contribution in [0.25, 0.3) is 11.1 Å². The Balaban J connectivity index is 2.36. The Morgan fingerprint density at radius 2 is 2.00 bits per heavy atom. The molecule has 2 N–H and O–H groups in total. The Morgan fingerprint density at radius 1 is 1.19 bits per heavy atom. The topological polar surface area (TPSA) is 48.4 Å². The van der Waals surface area contributed by atoms with E-state index in [0.717, 1.165) is 16.9 Å². The maximum atomic E-state index is 5.83. The Bertz CT molecular complexity index is 461. The smallest absolute Gasteiger partial charge is 0.122 e. The van der Waals surface area contributed by atoms with Gasteiger partial charge in [-0.15, -0.1) is 0 Å². The lowest BCUT2D eigenvalue weighted by atomic mass is 10.1. The van der Waals surface area contributed by atoms with Gasteiger partial charge in [-0.05, 0) is 37.6 Å². The summed E-state index contributed by atoms with van der Waals surface area (Å²) in [4.78, 5) is 0. The third kappa shape index (κ3) is 2.37. The lowest BCUT2D eigenvalue weighted by molar-refractivity contribution is 0.242. The zero-order valence-electron chi connectivity index (χ0n) is 9.44. The SMILES string of the molecule is CC(C)Oc1cc(N)cc(-c2ccoc2)c1.